The molecule has 2 aliphatic carbocycles. The predicted molar refractivity (Wildman–Crippen MR) is 53.6 cm³/mol. The average Bonchev–Trinajstić information content (AvgIpc) is 2.52. The van der Waals surface area contributed by atoms with E-state index in [0.29, 0.717) is 5.92 Å². The van der Waals surface area contributed by atoms with Crippen LogP contribution in [0.4, 0.5) is 0 Å². The SMILES string of the molecule is CC(C)(C)OC(=O)[C@@]12C[C@@H](N)C[C@@H]1C2. The number of nitrogens with two attached hydrogens (primary N) is 1. The number of hydrogen-bond acceptors (Lipinski definition) is 3. The van der Waals surface area contributed by atoms with E-state index in [2.05, 4.69) is 0 Å². The Kier molecular flexibility index (Phi) is 1.94. The third-order valence-corrected chi connectivity index (χ3v) is 3.25. The summed E-state index contributed by atoms with van der Waals surface area (Å²) in [6.07, 6.45) is 2.82. The van der Waals surface area contributed by atoms with Gasteiger partial charge in [0.05, 0.1) is 5.41 Å². The van der Waals surface area contributed by atoms with Crippen LogP contribution in [0.2, 0.25) is 0 Å². The Morgan fingerprint density at radius 1 is 1.43 bits per heavy atom. The summed E-state index contributed by atoms with van der Waals surface area (Å²) < 4.78 is 5.42. The second-order valence-electron chi connectivity index (χ2n) is 5.76. The van der Waals surface area contributed by atoms with Crippen LogP contribution >= 0.6 is 0 Å². The topological polar surface area (TPSA) is 52.3 Å². The lowest BCUT2D eigenvalue weighted by molar-refractivity contribution is -0.162. The van der Waals surface area contributed by atoms with Gasteiger partial charge in [0.25, 0.3) is 0 Å². The number of fused-ring (bicyclic) bond motifs is 1. The van der Waals surface area contributed by atoms with Gasteiger partial charge in [-0.05, 0) is 46.0 Å². The fraction of sp³-hybridized carbons (Fsp3) is 0.909. The smallest absolute Gasteiger partial charge is 0.312 e. The molecule has 0 saturated heterocycles. The molecule has 2 aliphatic rings. The molecule has 2 saturated carbocycles. The van der Waals surface area contributed by atoms with E-state index >= 15 is 0 Å². The molecule has 2 rings (SSSR count). The Balaban J connectivity index is 2.00. The number of rotatable bonds is 1. The molecule has 0 spiro atoms. The highest BCUT2D eigenvalue weighted by Gasteiger charge is 2.65. The molecule has 3 heteroatoms. The van der Waals surface area contributed by atoms with Crippen LogP contribution in [0.15, 0.2) is 0 Å². The molecular weight excluding hydrogens is 178 g/mol. The fourth-order valence-corrected chi connectivity index (χ4v) is 2.57. The molecule has 0 bridgehead atoms. The summed E-state index contributed by atoms with van der Waals surface area (Å²) in [7, 11) is 0. The summed E-state index contributed by atoms with van der Waals surface area (Å²) in [5.41, 5.74) is 5.28. The maximum atomic E-state index is 11.9. The minimum absolute atomic E-state index is 0.0250. The molecule has 0 aliphatic heterocycles. The minimum atomic E-state index is -0.369. The number of carbonyl (C=O) groups is 1. The van der Waals surface area contributed by atoms with Crippen molar-refractivity contribution in [3.63, 3.8) is 0 Å². The first-order valence-corrected chi connectivity index (χ1v) is 5.32. The lowest BCUT2D eigenvalue weighted by atomic mass is 10.0. The maximum Gasteiger partial charge on any atom is 0.312 e. The first-order valence-electron chi connectivity index (χ1n) is 5.32. The monoisotopic (exact) mass is 197 g/mol. The van der Waals surface area contributed by atoms with Crippen molar-refractivity contribution in [2.24, 2.45) is 17.1 Å². The molecule has 0 radical (unpaired) electrons. The highest BCUT2D eigenvalue weighted by Crippen LogP contribution is 2.63. The quantitative estimate of drug-likeness (QED) is 0.647. The second-order valence-corrected chi connectivity index (χ2v) is 5.76. The highest BCUT2D eigenvalue weighted by molar-refractivity contribution is 5.81. The van der Waals surface area contributed by atoms with Crippen LogP contribution < -0.4 is 5.73 Å². The second kappa shape index (κ2) is 2.72. The van der Waals surface area contributed by atoms with Gasteiger partial charge in [-0.3, -0.25) is 4.79 Å². The molecule has 0 heterocycles. The molecule has 2 N–H and O–H groups in total. The lowest BCUT2D eigenvalue weighted by Crippen LogP contribution is -2.31. The van der Waals surface area contributed by atoms with Gasteiger partial charge in [0.15, 0.2) is 0 Å². The van der Waals surface area contributed by atoms with Crippen LogP contribution in [-0.4, -0.2) is 17.6 Å². The van der Waals surface area contributed by atoms with Gasteiger partial charge in [-0.2, -0.15) is 0 Å². The molecule has 0 aromatic carbocycles. The van der Waals surface area contributed by atoms with Crippen molar-refractivity contribution in [3.8, 4) is 0 Å². The van der Waals surface area contributed by atoms with Crippen LogP contribution in [0, 0.1) is 11.3 Å². The summed E-state index contributed by atoms with van der Waals surface area (Å²) >= 11 is 0. The Morgan fingerprint density at radius 3 is 2.50 bits per heavy atom. The van der Waals surface area contributed by atoms with Gasteiger partial charge in [0.1, 0.15) is 5.60 Å². The zero-order valence-electron chi connectivity index (χ0n) is 9.17. The van der Waals surface area contributed by atoms with Gasteiger partial charge in [-0.1, -0.05) is 0 Å². The zero-order chi connectivity index (χ0) is 10.6. The van der Waals surface area contributed by atoms with Crippen LogP contribution in [0.1, 0.15) is 40.0 Å². The molecule has 0 aromatic rings. The van der Waals surface area contributed by atoms with Crippen LogP contribution in [0.3, 0.4) is 0 Å². The Morgan fingerprint density at radius 2 is 2.07 bits per heavy atom. The normalized spacial score (nSPS) is 40.6. The summed E-state index contributed by atoms with van der Waals surface area (Å²) in [5, 5.41) is 0. The summed E-state index contributed by atoms with van der Waals surface area (Å²) in [4.78, 5) is 11.9. The van der Waals surface area contributed by atoms with E-state index in [1.165, 1.54) is 0 Å². The van der Waals surface area contributed by atoms with Crippen molar-refractivity contribution in [1.29, 1.82) is 0 Å². The van der Waals surface area contributed by atoms with Crippen molar-refractivity contribution >= 4 is 5.97 Å². The molecule has 2 fully saturated rings. The van der Waals surface area contributed by atoms with E-state index in [1.54, 1.807) is 0 Å². The van der Waals surface area contributed by atoms with Gasteiger partial charge in [0, 0.05) is 6.04 Å². The molecule has 0 amide bonds. The molecule has 0 aromatic heterocycles. The van der Waals surface area contributed by atoms with Crippen molar-refractivity contribution in [1.82, 2.24) is 0 Å². The van der Waals surface area contributed by atoms with Crippen LogP contribution in [0.25, 0.3) is 0 Å². The third kappa shape index (κ3) is 1.54. The van der Waals surface area contributed by atoms with Gasteiger partial charge in [-0.15, -0.1) is 0 Å². The van der Waals surface area contributed by atoms with E-state index in [9.17, 15) is 4.79 Å². The first-order chi connectivity index (χ1) is 6.33. The van der Waals surface area contributed by atoms with Crippen LogP contribution in [-0.2, 0) is 9.53 Å². The van der Waals surface area contributed by atoms with Crippen molar-refractivity contribution in [3.05, 3.63) is 0 Å². The number of esters is 1. The van der Waals surface area contributed by atoms with E-state index in [-0.39, 0.29) is 23.0 Å². The minimum Gasteiger partial charge on any atom is -0.460 e. The summed E-state index contributed by atoms with van der Waals surface area (Å²) in [6, 6.07) is 0.210. The predicted octanol–water partition coefficient (Wildman–Crippen LogP) is 1.46. The van der Waals surface area contributed by atoms with E-state index in [1.807, 2.05) is 20.8 Å². The third-order valence-electron chi connectivity index (χ3n) is 3.25. The molecule has 3 atom stereocenters. The number of ether oxygens (including phenoxy) is 1. The van der Waals surface area contributed by atoms with Gasteiger partial charge in [-0.25, -0.2) is 0 Å². The number of hydrogen-bond donors (Lipinski definition) is 1. The maximum absolute atomic E-state index is 11.9. The molecular formula is C11H19NO2. The summed E-state index contributed by atoms with van der Waals surface area (Å²) in [6.45, 7) is 5.73. The van der Waals surface area contributed by atoms with Gasteiger partial charge in [0.2, 0.25) is 0 Å². The molecule has 80 valence electrons. The molecule has 3 nitrogen and oxygen atoms in total. The number of carbonyl (C=O) groups excluding carboxylic acids is 1. The first kappa shape index (κ1) is 9.97. The Hall–Kier alpha value is -0.570. The molecule has 0 unspecified atom stereocenters. The highest BCUT2D eigenvalue weighted by atomic mass is 16.6. The summed E-state index contributed by atoms with van der Waals surface area (Å²) in [5.74, 6) is 0.482. The largest absolute Gasteiger partial charge is 0.460 e. The average molecular weight is 197 g/mol. The van der Waals surface area contributed by atoms with E-state index in [4.69, 9.17) is 10.5 Å². The van der Waals surface area contributed by atoms with Crippen molar-refractivity contribution in [2.75, 3.05) is 0 Å². The fourth-order valence-electron chi connectivity index (χ4n) is 2.57. The van der Waals surface area contributed by atoms with Crippen molar-refractivity contribution in [2.45, 2.75) is 51.7 Å². The standard InChI is InChI=1S/C11H19NO2/c1-10(2,3)14-9(13)11-5-7(11)4-8(12)6-11/h7-8H,4-6,12H2,1-3H3/t7-,8+,11+/m1/s1. The Labute approximate surface area is 85.0 Å². The lowest BCUT2D eigenvalue weighted by Gasteiger charge is -2.23. The van der Waals surface area contributed by atoms with Crippen molar-refractivity contribution < 1.29 is 9.53 Å². The van der Waals surface area contributed by atoms with Gasteiger partial charge >= 0.3 is 5.97 Å². The zero-order valence-corrected chi connectivity index (χ0v) is 9.17. The van der Waals surface area contributed by atoms with Crippen LogP contribution in [0.5, 0.6) is 0 Å². The van der Waals surface area contributed by atoms with E-state index in [0.717, 1.165) is 19.3 Å². The Bertz CT molecular complexity index is 269. The van der Waals surface area contributed by atoms with Gasteiger partial charge < -0.3 is 10.5 Å². The molecule has 14 heavy (non-hydrogen) atoms. The van der Waals surface area contributed by atoms with E-state index < -0.39 is 0 Å².